The molecule has 0 aromatic heterocycles. The molecule has 3 atom stereocenters. The predicted octanol–water partition coefficient (Wildman–Crippen LogP) is 13.6. The van der Waals surface area contributed by atoms with Gasteiger partial charge in [0.05, 0.1) is 39.9 Å². The van der Waals surface area contributed by atoms with Crippen molar-refractivity contribution in [2.75, 3.05) is 40.9 Å². The minimum absolute atomic E-state index is 0.00599. The molecular weight excluding hydrogens is 756 g/mol. The zero-order chi connectivity index (χ0) is 43.6. The minimum Gasteiger partial charge on any atom is -0.756 e. The molecule has 8 nitrogen and oxygen atoms in total. The van der Waals surface area contributed by atoms with Crippen LogP contribution >= 0.6 is 7.82 Å². The summed E-state index contributed by atoms with van der Waals surface area (Å²) in [5.74, 6) is -0.209. The Morgan fingerprint density at radius 2 is 0.966 bits per heavy atom. The van der Waals surface area contributed by atoms with E-state index < -0.39 is 26.6 Å². The van der Waals surface area contributed by atoms with Crippen molar-refractivity contribution in [3.8, 4) is 0 Å². The lowest BCUT2D eigenvalue weighted by Crippen LogP contribution is -2.45. The van der Waals surface area contributed by atoms with E-state index in [-0.39, 0.29) is 12.5 Å². The van der Waals surface area contributed by atoms with Crippen molar-refractivity contribution in [1.29, 1.82) is 0 Å². The van der Waals surface area contributed by atoms with Crippen molar-refractivity contribution in [2.24, 2.45) is 0 Å². The Morgan fingerprint density at radius 3 is 1.42 bits per heavy atom. The molecule has 0 bridgehead atoms. The van der Waals surface area contributed by atoms with Crippen molar-refractivity contribution in [1.82, 2.24) is 5.32 Å². The third-order valence-electron chi connectivity index (χ3n) is 11.1. The van der Waals surface area contributed by atoms with Crippen LogP contribution in [-0.2, 0) is 18.4 Å². The van der Waals surface area contributed by atoms with Gasteiger partial charge in [0.15, 0.2) is 0 Å². The van der Waals surface area contributed by atoms with Crippen molar-refractivity contribution >= 4 is 13.7 Å². The molecule has 0 aliphatic carbocycles. The van der Waals surface area contributed by atoms with Crippen LogP contribution in [0.5, 0.6) is 0 Å². The Balaban J connectivity index is 3.98. The quantitative estimate of drug-likeness (QED) is 0.0273. The van der Waals surface area contributed by atoms with Gasteiger partial charge in [-0.25, -0.2) is 0 Å². The fourth-order valence-corrected chi connectivity index (χ4v) is 7.81. The van der Waals surface area contributed by atoms with Crippen molar-refractivity contribution < 1.29 is 32.9 Å². The van der Waals surface area contributed by atoms with Crippen molar-refractivity contribution in [2.45, 2.75) is 238 Å². The molecule has 0 spiro atoms. The average molecular weight is 853 g/mol. The number of phosphoric ester groups is 1. The number of amides is 1. The second kappa shape index (κ2) is 42.0. The monoisotopic (exact) mass is 853 g/mol. The molecule has 3 unspecified atom stereocenters. The molecule has 0 radical (unpaired) electrons. The first-order chi connectivity index (χ1) is 28.5. The third-order valence-corrected chi connectivity index (χ3v) is 12.0. The van der Waals surface area contributed by atoms with E-state index in [0.29, 0.717) is 17.4 Å². The maximum absolute atomic E-state index is 12.8. The van der Waals surface area contributed by atoms with Gasteiger partial charge in [-0.15, -0.1) is 0 Å². The van der Waals surface area contributed by atoms with E-state index in [2.05, 4.69) is 43.5 Å². The highest BCUT2D eigenvalue weighted by Crippen LogP contribution is 2.38. The summed E-state index contributed by atoms with van der Waals surface area (Å²) in [6.07, 6.45) is 52.4. The Morgan fingerprint density at radius 1 is 0.576 bits per heavy atom. The SMILES string of the molecule is CCCC/C=C/CC/C=C/C(O)C(COP(=O)([O-])OCC[N+](C)(C)C)NC(=O)CCCCCCCCCCCCCCCCCCC/C=C\CCCCCCCCCC. The van der Waals surface area contributed by atoms with Crippen LogP contribution in [0.1, 0.15) is 226 Å². The summed E-state index contributed by atoms with van der Waals surface area (Å²) in [6.45, 7) is 4.55. The molecule has 0 fully saturated rings. The summed E-state index contributed by atoms with van der Waals surface area (Å²) < 4.78 is 23.1. The predicted molar refractivity (Wildman–Crippen MR) is 251 cm³/mol. The first-order valence-corrected chi connectivity index (χ1v) is 26.3. The Labute approximate surface area is 366 Å². The molecule has 0 aliphatic heterocycles. The number of allylic oxidation sites excluding steroid dienone is 5. The second-order valence-electron chi connectivity index (χ2n) is 18.2. The number of aliphatic hydroxyl groups excluding tert-OH is 1. The van der Waals surface area contributed by atoms with E-state index in [1.54, 1.807) is 6.08 Å². The molecule has 0 aromatic carbocycles. The van der Waals surface area contributed by atoms with Gasteiger partial charge in [-0.2, -0.15) is 0 Å². The number of quaternary nitrogens is 1. The zero-order valence-electron chi connectivity index (χ0n) is 39.5. The molecule has 0 aliphatic rings. The number of likely N-dealkylation sites (N-methyl/N-ethyl adjacent to an activating group) is 1. The summed E-state index contributed by atoms with van der Waals surface area (Å²) in [4.78, 5) is 25.2. The normalized spacial score (nSPS) is 14.5. The standard InChI is InChI=1S/C50H97N2O6P/c1-6-8-10-12-14-16-17-18-19-20-21-22-23-24-25-26-27-28-29-30-31-32-33-34-35-36-38-40-42-44-50(54)51-48(47-58-59(55,56)57-46-45-52(3,4)5)49(53)43-41-39-37-15-13-11-9-7-2/h13,15,20-21,41,43,48-49,53H,6-12,14,16-19,22-40,42,44-47H2,1-5H3,(H-,51,54,55,56)/b15-13+,21-20-,43-41+. The summed E-state index contributed by atoms with van der Waals surface area (Å²) >= 11 is 0. The average Bonchev–Trinajstić information content (AvgIpc) is 3.19. The van der Waals surface area contributed by atoms with Gasteiger partial charge >= 0.3 is 0 Å². The summed E-state index contributed by atoms with van der Waals surface area (Å²) in [5, 5.41) is 13.7. The van der Waals surface area contributed by atoms with E-state index in [9.17, 15) is 19.4 Å². The van der Waals surface area contributed by atoms with E-state index in [1.807, 2.05) is 27.2 Å². The van der Waals surface area contributed by atoms with Crippen LogP contribution in [-0.4, -0.2) is 68.5 Å². The van der Waals surface area contributed by atoms with Gasteiger partial charge < -0.3 is 28.8 Å². The minimum atomic E-state index is -4.59. The molecule has 0 heterocycles. The second-order valence-corrected chi connectivity index (χ2v) is 19.6. The van der Waals surface area contributed by atoms with Crippen LogP contribution in [0.25, 0.3) is 0 Å². The largest absolute Gasteiger partial charge is 0.756 e. The third kappa shape index (κ3) is 44.6. The van der Waals surface area contributed by atoms with Gasteiger partial charge in [0.2, 0.25) is 5.91 Å². The Bertz CT molecular complexity index is 1060. The lowest BCUT2D eigenvalue weighted by atomic mass is 10.0. The number of hydrogen-bond acceptors (Lipinski definition) is 6. The highest BCUT2D eigenvalue weighted by atomic mass is 31.2. The van der Waals surface area contributed by atoms with Crippen LogP contribution in [0, 0.1) is 0 Å². The Hall–Kier alpha value is -1.28. The zero-order valence-corrected chi connectivity index (χ0v) is 40.4. The van der Waals surface area contributed by atoms with Gasteiger partial charge in [-0.1, -0.05) is 204 Å². The number of aliphatic hydroxyl groups is 1. The first-order valence-electron chi connectivity index (χ1n) is 24.9. The van der Waals surface area contributed by atoms with Crippen LogP contribution < -0.4 is 10.2 Å². The molecule has 0 rings (SSSR count). The number of phosphoric acid groups is 1. The number of nitrogens with zero attached hydrogens (tertiary/aromatic N) is 1. The van der Waals surface area contributed by atoms with Crippen molar-refractivity contribution in [3.05, 3.63) is 36.5 Å². The molecule has 348 valence electrons. The topological polar surface area (TPSA) is 108 Å². The summed E-state index contributed by atoms with van der Waals surface area (Å²) in [6, 6.07) is -0.898. The fraction of sp³-hybridized carbons (Fsp3) is 0.860. The van der Waals surface area contributed by atoms with Crippen LogP contribution in [0.3, 0.4) is 0 Å². The Kier molecular flexibility index (Phi) is 41.1. The molecule has 59 heavy (non-hydrogen) atoms. The lowest BCUT2D eigenvalue weighted by Gasteiger charge is -2.29. The molecule has 9 heteroatoms. The highest BCUT2D eigenvalue weighted by molar-refractivity contribution is 7.45. The van der Waals surface area contributed by atoms with Crippen LogP contribution in [0.2, 0.25) is 0 Å². The number of hydrogen-bond donors (Lipinski definition) is 2. The number of nitrogens with one attached hydrogen (secondary N) is 1. The van der Waals surface area contributed by atoms with Gasteiger partial charge in [-0.3, -0.25) is 9.36 Å². The molecule has 0 saturated carbocycles. The highest BCUT2D eigenvalue weighted by Gasteiger charge is 2.23. The van der Waals surface area contributed by atoms with Gasteiger partial charge in [0, 0.05) is 6.42 Å². The van der Waals surface area contributed by atoms with Crippen molar-refractivity contribution in [3.63, 3.8) is 0 Å². The van der Waals surface area contributed by atoms with Crippen LogP contribution in [0.4, 0.5) is 0 Å². The number of carbonyl (C=O) groups is 1. The fourth-order valence-electron chi connectivity index (χ4n) is 7.09. The molecule has 1 amide bonds. The number of rotatable bonds is 45. The maximum atomic E-state index is 12.8. The lowest BCUT2D eigenvalue weighted by molar-refractivity contribution is -0.870. The maximum Gasteiger partial charge on any atom is 0.268 e. The van der Waals surface area contributed by atoms with Gasteiger partial charge in [-0.05, 0) is 51.4 Å². The number of carbonyl (C=O) groups excluding carboxylic acids is 1. The molecule has 0 aromatic rings. The van der Waals surface area contributed by atoms with Gasteiger partial charge in [0.25, 0.3) is 7.82 Å². The molecule has 0 saturated heterocycles. The number of unbranched alkanes of at least 4 members (excludes halogenated alkanes) is 28. The summed E-state index contributed by atoms with van der Waals surface area (Å²) in [5.41, 5.74) is 0. The van der Waals surface area contributed by atoms with E-state index in [0.717, 1.165) is 38.5 Å². The molecular formula is C50H97N2O6P. The first kappa shape index (κ1) is 57.7. The van der Waals surface area contributed by atoms with Crippen LogP contribution in [0.15, 0.2) is 36.5 Å². The molecule has 2 N–H and O–H groups in total. The van der Waals surface area contributed by atoms with E-state index in [1.165, 1.54) is 167 Å². The smallest absolute Gasteiger partial charge is 0.268 e. The van der Waals surface area contributed by atoms with E-state index >= 15 is 0 Å². The summed E-state index contributed by atoms with van der Waals surface area (Å²) in [7, 11) is 1.24. The van der Waals surface area contributed by atoms with E-state index in [4.69, 9.17) is 9.05 Å². The van der Waals surface area contributed by atoms with Gasteiger partial charge in [0.1, 0.15) is 13.2 Å².